The number of anilines is 2. The van der Waals surface area contributed by atoms with E-state index >= 15 is 0 Å². The Bertz CT molecular complexity index is 1080. The Morgan fingerprint density at radius 1 is 1.28 bits per heavy atom. The lowest BCUT2D eigenvalue weighted by Crippen LogP contribution is -2.42. The van der Waals surface area contributed by atoms with Crippen molar-refractivity contribution in [3.63, 3.8) is 0 Å². The van der Waals surface area contributed by atoms with E-state index in [-0.39, 0.29) is 18.4 Å². The Morgan fingerprint density at radius 3 is 2.83 bits per heavy atom. The van der Waals surface area contributed by atoms with Crippen LogP contribution in [0.3, 0.4) is 0 Å². The van der Waals surface area contributed by atoms with E-state index in [0.29, 0.717) is 29.4 Å². The smallest absolute Gasteiger partial charge is 0.272 e. The summed E-state index contributed by atoms with van der Waals surface area (Å²) < 4.78 is 5.93. The minimum atomic E-state index is -0.657. The summed E-state index contributed by atoms with van der Waals surface area (Å²) >= 11 is 0. The van der Waals surface area contributed by atoms with Gasteiger partial charge in [0, 0.05) is 29.2 Å². The third-order valence-corrected chi connectivity index (χ3v) is 5.01. The Morgan fingerprint density at radius 2 is 2.07 bits per heavy atom. The fourth-order valence-corrected chi connectivity index (χ4v) is 3.43. The van der Waals surface area contributed by atoms with Crippen LogP contribution in [0, 0.1) is 5.41 Å². The number of amides is 2. The van der Waals surface area contributed by atoms with Gasteiger partial charge in [-0.25, -0.2) is 0 Å². The molecular weight excluding hydrogens is 366 g/mol. The van der Waals surface area contributed by atoms with Gasteiger partial charge in [0.25, 0.3) is 5.91 Å². The number of H-pyrrole nitrogens is 1. The van der Waals surface area contributed by atoms with Gasteiger partial charge in [0.05, 0.1) is 11.1 Å². The molecule has 0 fully saturated rings. The molecule has 2 N–H and O–H groups in total. The van der Waals surface area contributed by atoms with Crippen molar-refractivity contribution in [1.82, 2.24) is 4.98 Å². The summed E-state index contributed by atoms with van der Waals surface area (Å²) in [6.07, 6.45) is 1.69. The lowest BCUT2D eigenvalue weighted by molar-refractivity contribution is -0.127. The highest BCUT2D eigenvalue weighted by molar-refractivity contribution is 6.06. The van der Waals surface area contributed by atoms with Crippen LogP contribution in [-0.2, 0) is 4.79 Å². The number of nitrogens with zero attached hydrogens (tertiary/aromatic N) is 1. The first-order chi connectivity index (χ1) is 13.9. The topological polar surface area (TPSA) is 74.4 Å². The molecule has 6 heteroatoms. The van der Waals surface area contributed by atoms with Gasteiger partial charge in [0.1, 0.15) is 18.1 Å². The molecule has 0 spiro atoms. The van der Waals surface area contributed by atoms with Gasteiger partial charge in [-0.1, -0.05) is 24.3 Å². The fourth-order valence-electron chi connectivity index (χ4n) is 3.43. The molecule has 0 atom stereocenters. The molecule has 0 aliphatic carbocycles. The van der Waals surface area contributed by atoms with Crippen LogP contribution in [0.15, 0.2) is 61.2 Å². The Labute approximate surface area is 169 Å². The summed E-state index contributed by atoms with van der Waals surface area (Å²) in [5.74, 6) is 0.292. The van der Waals surface area contributed by atoms with Crippen LogP contribution in [0.5, 0.6) is 5.75 Å². The molecule has 3 aromatic rings. The molecule has 29 heavy (non-hydrogen) atoms. The van der Waals surface area contributed by atoms with E-state index in [2.05, 4.69) is 16.9 Å². The standard InChI is InChI=1S/C23H23N3O3/c1-4-11-26-19-10-9-16(13-20(19)29-14-23(2,3)22(26)28)24-21(27)18-12-15-7-5-6-8-17(15)25-18/h4-10,12-13,25H,1,11,14H2,2-3H3,(H,24,27). The first kappa shape index (κ1) is 18.8. The van der Waals surface area contributed by atoms with E-state index in [1.54, 1.807) is 29.2 Å². The highest BCUT2D eigenvalue weighted by atomic mass is 16.5. The summed E-state index contributed by atoms with van der Waals surface area (Å²) in [6, 6.07) is 14.9. The number of para-hydroxylation sites is 1. The minimum Gasteiger partial charge on any atom is -0.490 e. The molecule has 148 valence electrons. The second-order valence-electron chi connectivity index (χ2n) is 7.78. The number of hydrogen-bond donors (Lipinski definition) is 2. The van der Waals surface area contributed by atoms with Gasteiger partial charge in [-0.15, -0.1) is 6.58 Å². The molecule has 2 amide bonds. The SMILES string of the molecule is C=CCN1C(=O)C(C)(C)COc2cc(NC(=O)c3cc4ccccc4[nH]3)ccc21. The van der Waals surface area contributed by atoms with Crippen molar-refractivity contribution < 1.29 is 14.3 Å². The largest absolute Gasteiger partial charge is 0.490 e. The van der Waals surface area contributed by atoms with Gasteiger partial charge < -0.3 is 19.9 Å². The van der Waals surface area contributed by atoms with Crippen LogP contribution in [0.25, 0.3) is 10.9 Å². The Hall–Kier alpha value is -3.54. The van der Waals surface area contributed by atoms with Crippen molar-refractivity contribution >= 4 is 34.1 Å². The van der Waals surface area contributed by atoms with Crippen LogP contribution >= 0.6 is 0 Å². The molecule has 1 aliphatic rings. The van der Waals surface area contributed by atoms with Crippen molar-refractivity contribution in [2.45, 2.75) is 13.8 Å². The number of carbonyl (C=O) groups is 2. The van der Waals surface area contributed by atoms with E-state index in [1.807, 2.05) is 44.2 Å². The number of carbonyl (C=O) groups excluding carboxylic acids is 2. The van der Waals surface area contributed by atoms with Gasteiger partial charge in [-0.2, -0.15) is 0 Å². The summed E-state index contributed by atoms with van der Waals surface area (Å²) in [4.78, 5) is 30.3. The van der Waals surface area contributed by atoms with Crippen molar-refractivity contribution in [1.29, 1.82) is 0 Å². The molecule has 1 aromatic heterocycles. The molecular formula is C23H23N3O3. The van der Waals surface area contributed by atoms with E-state index in [9.17, 15) is 9.59 Å². The average Bonchev–Trinajstić information content (AvgIpc) is 3.11. The zero-order valence-corrected chi connectivity index (χ0v) is 16.5. The molecule has 0 unspecified atom stereocenters. The van der Waals surface area contributed by atoms with Gasteiger partial charge in [0.15, 0.2) is 0 Å². The predicted molar refractivity (Wildman–Crippen MR) is 115 cm³/mol. The maximum atomic E-state index is 12.9. The van der Waals surface area contributed by atoms with Crippen molar-refractivity contribution in [2.75, 3.05) is 23.4 Å². The zero-order chi connectivity index (χ0) is 20.6. The first-order valence-electron chi connectivity index (χ1n) is 9.48. The van der Waals surface area contributed by atoms with E-state index < -0.39 is 5.41 Å². The summed E-state index contributed by atoms with van der Waals surface area (Å²) in [6.45, 7) is 8.11. The number of nitrogens with one attached hydrogen (secondary N) is 2. The lowest BCUT2D eigenvalue weighted by atomic mass is 9.93. The van der Waals surface area contributed by atoms with Gasteiger partial charge in [0.2, 0.25) is 5.91 Å². The zero-order valence-electron chi connectivity index (χ0n) is 16.5. The third-order valence-electron chi connectivity index (χ3n) is 5.01. The number of aromatic nitrogens is 1. The van der Waals surface area contributed by atoms with Crippen LogP contribution in [-0.4, -0.2) is 29.9 Å². The molecule has 2 heterocycles. The van der Waals surface area contributed by atoms with Gasteiger partial charge in [-0.05, 0) is 38.1 Å². The number of fused-ring (bicyclic) bond motifs is 2. The molecule has 0 saturated carbocycles. The van der Waals surface area contributed by atoms with Gasteiger partial charge in [-0.3, -0.25) is 9.59 Å². The van der Waals surface area contributed by atoms with Crippen LogP contribution in [0.2, 0.25) is 0 Å². The normalized spacial score (nSPS) is 15.4. The lowest BCUT2D eigenvalue weighted by Gasteiger charge is -2.27. The number of ether oxygens (including phenoxy) is 1. The van der Waals surface area contributed by atoms with E-state index in [4.69, 9.17) is 4.74 Å². The van der Waals surface area contributed by atoms with E-state index in [1.165, 1.54) is 0 Å². The molecule has 1 aliphatic heterocycles. The highest BCUT2D eigenvalue weighted by Crippen LogP contribution is 2.38. The number of aromatic amines is 1. The van der Waals surface area contributed by atoms with Crippen LogP contribution in [0.1, 0.15) is 24.3 Å². The third kappa shape index (κ3) is 3.49. The van der Waals surface area contributed by atoms with Crippen LogP contribution in [0.4, 0.5) is 11.4 Å². The second kappa shape index (κ2) is 7.13. The predicted octanol–water partition coefficient (Wildman–Crippen LogP) is 4.36. The number of hydrogen-bond acceptors (Lipinski definition) is 3. The fraction of sp³-hybridized carbons (Fsp3) is 0.217. The number of benzene rings is 2. The van der Waals surface area contributed by atoms with Crippen molar-refractivity contribution in [2.24, 2.45) is 5.41 Å². The average molecular weight is 389 g/mol. The van der Waals surface area contributed by atoms with Crippen molar-refractivity contribution in [3.8, 4) is 5.75 Å². The van der Waals surface area contributed by atoms with Gasteiger partial charge >= 0.3 is 0 Å². The summed E-state index contributed by atoms with van der Waals surface area (Å²) in [5, 5.41) is 3.87. The van der Waals surface area contributed by atoms with E-state index in [0.717, 1.165) is 10.9 Å². The Kier molecular flexibility index (Phi) is 4.62. The first-order valence-corrected chi connectivity index (χ1v) is 9.48. The summed E-state index contributed by atoms with van der Waals surface area (Å²) in [7, 11) is 0. The molecule has 6 nitrogen and oxygen atoms in total. The monoisotopic (exact) mass is 389 g/mol. The molecule has 0 radical (unpaired) electrons. The molecule has 2 aromatic carbocycles. The Balaban J connectivity index is 1.62. The number of rotatable bonds is 4. The quantitative estimate of drug-likeness (QED) is 0.651. The highest BCUT2D eigenvalue weighted by Gasteiger charge is 2.37. The maximum Gasteiger partial charge on any atom is 0.272 e. The summed E-state index contributed by atoms with van der Waals surface area (Å²) in [5.41, 5.74) is 1.99. The molecule has 4 rings (SSSR count). The molecule has 0 saturated heterocycles. The van der Waals surface area contributed by atoms with Crippen LogP contribution < -0.4 is 15.0 Å². The minimum absolute atomic E-state index is 0.0222. The second-order valence-corrected chi connectivity index (χ2v) is 7.78. The molecule has 0 bridgehead atoms. The maximum absolute atomic E-state index is 12.9. The van der Waals surface area contributed by atoms with Crippen molar-refractivity contribution in [3.05, 3.63) is 66.9 Å².